The smallest absolute Gasteiger partial charge is 0.790 e. The van der Waals surface area contributed by atoms with Crippen molar-refractivity contribution in [2.75, 3.05) is 0 Å². The summed E-state index contributed by atoms with van der Waals surface area (Å²) >= 11 is 0. The molecular weight excluding hydrogens is 304 g/mol. The van der Waals surface area contributed by atoms with Gasteiger partial charge in [-0.3, -0.25) is 0 Å². The quantitative estimate of drug-likeness (QED) is 0.365. The first-order valence-corrected chi connectivity index (χ1v) is 4.38. The first kappa shape index (κ1) is 23.9. The summed E-state index contributed by atoms with van der Waals surface area (Å²) < 4.78 is 21.2. The summed E-state index contributed by atoms with van der Waals surface area (Å²) in [5, 5.41) is 0. The Morgan fingerprint density at radius 3 is 1.08 bits per heavy atom. The van der Waals surface area contributed by atoms with Crippen LogP contribution in [-0.4, -0.2) is 0 Å². The molecule has 0 amide bonds. The zero-order valence-electron chi connectivity index (χ0n) is 5.55. The number of phosphoric acid groups is 2. The Hall–Kier alpha value is 2.36. The summed E-state index contributed by atoms with van der Waals surface area (Å²) in [6.07, 6.45) is 0. The van der Waals surface area contributed by atoms with Crippen molar-refractivity contribution in [1.29, 1.82) is 0 Å². The third-order valence-electron chi connectivity index (χ3n) is 0.200. The SMILES string of the molecule is O=P([O-])([O-])OP(=O)([O-])[O-].[Fe].[Na+].[V+3]. The molecule has 12 heteroatoms. The van der Waals surface area contributed by atoms with Gasteiger partial charge in [0.15, 0.2) is 0 Å². The first-order valence-electron chi connectivity index (χ1n) is 1.46. The van der Waals surface area contributed by atoms with Gasteiger partial charge in [0.1, 0.15) is 0 Å². The molecular formula is FeNaO7P2V. The summed E-state index contributed by atoms with van der Waals surface area (Å²) in [7, 11) is -11.4. The van der Waals surface area contributed by atoms with Crippen LogP contribution in [0, 0.1) is 0 Å². The Balaban J connectivity index is -0.000000107. The summed E-state index contributed by atoms with van der Waals surface area (Å²) in [6.45, 7) is 0. The van der Waals surface area contributed by atoms with Crippen molar-refractivity contribution in [3.63, 3.8) is 0 Å². The van der Waals surface area contributed by atoms with Crippen LogP contribution in [0.15, 0.2) is 0 Å². The van der Waals surface area contributed by atoms with E-state index in [0.29, 0.717) is 0 Å². The fourth-order valence-corrected chi connectivity index (χ4v) is 1.10. The summed E-state index contributed by atoms with van der Waals surface area (Å²) in [4.78, 5) is 37.3. The van der Waals surface area contributed by atoms with Crippen LogP contribution in [-0.2, 0) is 49.1 Å². The van der Waals surface area contributed by atoms with Crippen LogP contribution in [0.25, 0.3) is 0 Å². The van der Waals surface area contributed by atoms with Crippen molar-refractivity contribution in [2.45, 2.75) is 0 Å². The average molecular weight is 304 g/mol. The second-order valence-electron chi connectivity index (χ2n) is 0.976. The van der Waals surface area contributed by atoms with Gasteiger partial charge in [0.2, 0.25) is 0 Å². The Labute approximate surface area is 113 Å². The van der Waals surface area contributed by atoms with Gasteiger partial charge in [-0.1, -0.05) is 0 Å². The van der Waals surface area contributed by atoms with Gasteiger partial charge in [-0.15, -0.1) is 0 Å². The van der Waals surface area contributed by atoms with E-state index in [2.05, 4.69) is 4.31 Å². The van der Waals surface area contributed by atoms with Gasteiger partial charge < -0.3 is 33.0 Å². The van der Waals surface area contributed by atoms with Crippen LogP contribution in [0.2, 0.25) is 0 Å². The van der Waals surface area contributed by atoms with Crippen LogP contribution in [0.1, 0.15) is 0 Å². The second-order valence-corrected chi connectivity index (χ2v) is 3.42. The maximum atomic E-state index is 9.32. The molecule has 0 aromatic carbocycles. The van der Waals surface area contributed by atoms with E-state index in [1.54, 1.807) is 0 Å². The number of hydrogen-bond acceptors (Lipinski definition) is 7. The molecule has 0 radical (unpaired) electrons. The molecule has 0 unspecified atom stereocenters. The molecule has 7 nitrogen and oxygen atoms in total. The predicted octanol–water partition coefficient (Wildman–Crippen LogP) is -6.34. The molecule has 0 bridgehead atoms. The van der Waals surface area contributed by atoms with Crippen molar-refractivity contribution < 1.29 is 98.2 Å². The third kappa shape index (κ3) is 22.8. The number of hydrogen-bond donors (Lipinski definition) is 0. The topological polar surface area (TPSA) is 136 Å². The summed E-state index contributed by atoms with van der Waals surface area (Å²) in [5.41, 5.74) is 0. The minimum absolute atomic E-state index is 0. The monoisotopic (exact) mass is 304 g/mol. The molecule has 0 aromatic heterocycles. The summed E-state index contributed by atoms with van der Waals surface area (Å²) in [6, 6.07) is 0. The van der Waals surface area contributed by atoms with Crippen LogP contribution in [0.3, 0.4) is 0 Å². The number of rotatable bonds is 2. The van der Waals surface area contributed by atoms with Crippen molar-refractivity contribution in [2.24, 2.45) is 0 Å². The standard InChI is InChI=1S/Fe.Na.H4O7P2.V/c;;1-8(2,3)7-9(4,5)6;/h;;(H2,1,2,3)(H2,4,5,6);/q;+1;;+3/p-4. The zero-order valence-corrected chi connectivity index (χ0v) is 11.8. The molecule has 0 aliphatic carbocycles. The Kier molecular flexibility index (Phi) is 17.2. The Bertz CT molecular complexity index is 162. The van der Waals surface area contributed by atoms with Crippen LogP contribution in [0.4, 0.5) is 0 Å². The molecule has 0 atom stereocenters. The van der Waals surface area contributed by atoms with Gasteiger partial charge in [-0.2, -0.15) is 0 Å². The molecule has 0 N–H and O–H groups in total. The minimum atomic E-state index is -5.68. The maximum Gasteiger partial charge on any atom is 3.00 e. The third-order valence-corrected chi connectivity index (χ3v) is 1.80. The molecule has 0 saturated heterocycles. The second kappa shape index (κ2) is 8.65. The van der Waals surface area contributed by atoms with E-state index in [1.165, 1.54) is 0 Å². The van der Waals surface area contributed by atoms with Crippen molar-refractivity contribution in [3.05, 3.63) is 0 Å². The van der Waals surface area contributed by atoms with E-state index in [0.717, 1.165) is 0 Å². The van der Waals surface area contributed by atoms with E-state index in [-0.39, 0.29) is 65.2 Å². The molecule has 0 aromatic rings. The fourth-order valence-electron chi connectivity index (χ4n) is 0.122. The normalized spacial score (nSPS) is 10.3. The van der Waals surface area contributed by atoms with Gasteiger partial charge in [-0.05, 0) is 0 Å². The maximum absolute atomic E-state index is 9.32. The average Bonchev–Trinajstić information content (AvgIpc) is 1.14. The van der Waals surface area contributed by atoms with Crippen molar-refractivity contribution in [1.82, 2.24) is 0 Å². The first-order chi connectivity index (χ1) is 3.71. The van der Waals surface area contributed by atoms with Gasteiger partial charge in [0.25, 0.3) is 0 Å². The largest absolute Gasteiger partial charge is 3.00 e. The summed E-state index contributed by atoms with van der Waals surface area (Å²) in [5.74, 6) is 0. The molecule has 12 heavy (non-hydrogen) atoms. The molecule has 0 fully saturated rings. The van der Waals surface area contributed by atoms with E-state index in [9.17, 15) is 28.7 Å². The fraction of sp³-hybridized carbons (Fsp3) is 0. The predicted molar refractivity (Wildman–Crippen MR) is 16.3 cm³/mol. The minimum Gasteiger partial charge on any atom is -0.790 e. The molecule has 0 saturated carbocycles. The van der Waals surface area contributed by atoms with Gasteiger partial charge >= 0.3 is 48.1 Å². The Morgan fingerprint density at radius 1 is 0.917 bits per heavy atom. The van der Waals surface area contributed by atoms with E-state index in [4.69, 9.17) is 0 Å². The molecule has 66 valence electrons. The molecule has 0 rings (SSSR count). The zero-order chi connectivity index (χ0) is 7.71. The van der Waals surface area contributed by atoms with E-state index < -0.39 is 15.6 Å². The molecule has 0 spiro atoms. The molecule has 0 heterocycles. The van der Waals surface area contributed by atoms with Gasteiger partial charge in [0, 0.05) is 17.1 Å². The molecule has 0 aliphatic heterocycles. The van der Waals surface area contributed by atoms with E-state index >= 15 is 0 Å². The van der Waals surface area contributed by atoms with Crippen LogP contribution < -0.4 is 49.1 Å². The van der Waals surface area contributed by atoms with Crippen LogP contribution >= 0.6 is 15.6 Å². The molecule has 0 aliphatic rings. The van der Waals surface area contributed by atoms with E-state index in [1.807, 2.05) is 0 Å². The van der Waals surface area contributed by atoms with Crippen molar-refractivity contribution in [3.8, 4) is 0 Å². The van der Waals surface area contributed by atoms with Crippen molar-refractivity contribution >= 4 is 15.6 Å². The van der Waals surface area contributed by atoms with Gasteiger partial charge in [-0.25, -0.2) is 0 Å². The van der Waals surface area contributed by atoms with Crippen LogP contribution in [0.5, 0.6) is 0 Å². The van der Waals surface area contributed by atoms with Gasteiger partial charge in [0.05, 0.1) is 15.6 Å². The Morgan fingerprint density at radius 2 is 1.08 bits per heavy atom.